The molecule has 8 heteroatoms. The maximum atomic E-state index is 12.8. The van der Waals surface area contributed by atoms with Crippen molar-refractivity contribution in [1.29, 1.82) is 0 Å². The summed E-state index contributed by atoms with van der Waals surface area (Å²) in [7, 11) is 5.54. The molecule has 0 aromatic heterocycles. The van der Waals surface area contributed by atoms with E-state index in [1.807, 2.05) is 21.1 Å². The molecule has 0 spiro atoms. The molecule has 8 nitrogen and oxygen atoms in total. The number of quaternary nitrogens is 1. The van der Waals surface area contributed by atoms with Gasteiger partial charge in [-0.25, -0.2) is 4.79 Å². The molecule has 0 aliphatic carbocycles. The highest BCUT2D eigenvalue weighted by Crippen LogP contribution is 2.16. The highest BCUT2D eigenvalue weighted by molar-refractivity contribution is 5.72. The SMILES string of the molecule is CCCCC/C=C/C/C=C/C/C=C/CCCCCCCCCCCC(=O)OCC(COCCC(C(=O)O)[N+](C)(C)C)OC(=O)CCCCCCCCC/C=C/CCCCCCCCCCCCCC. The van der Waals surface area contributed by atoms with Gasteiger partial charge in [-0.1, -0.05) is 223 Å². The van der Waals surface area contributed by atoms with Crippen LogP contribution in [0.1, 0.15) is 271 Å². The number of rotatable bonds is 53. The average molecular weight is 972 g/mol. The van der Waals surface area contributed by atoms with Gasteiger partial charge in [0.15, 0.2) is 12.1 Å². The minimum atomic E-state index is -0.874. The fourth-order valence-corrected chi connectivity index (χ4v) is 8.68. The van der Waals surface area contributed by atoms with E-state index in [1.165, 1.54) is 186 Å². The third kappa shape index (κ3) is 50.0. The lowest BCUT2D eigenvalue weighted by Gasteiger charge is -2.31. The zero-order valence-corrected chi connectivity index (χ0v) is 46.0. The van der Waals surface area contributed by atoms with Gasteiger partial charge >= 0.3 is 17.9 Å². The van der Waals surface area contributed by atoms with Gasteiger partial charge in [-0.3, -0.25) is 9.59 Å². The topological polar surface area (TPSA) is 99.1 Å². The number of carbonyl (C=O) groups excluding carboxylic acids is 2. The second-order valence-corrected chi connectivity index (χ2v) is 20.9. The van der Waals surface area contributed by atoms with Crippen LogP contribution in [0.5, 0.6) is 0 Å². The van der Waals surface area contributed by atoms with Crippen LogP contribution in [0.25, 0.3) is 0 Å². The number of nitrogens with zero attached hydrogens (tertiary/aromatic N) is 1. The monoisotopic (exact) mass is 971 g/mol. The first-order valence-corrected chi connectivity index (χ1v) is 29.2. The summed E-state index contributed by atoms with van der Waals surface area (Å²) in [6, 6.07) is -0.618. The van der Waals surface area contributed by atoms with Crippen LogP contribution in [-0.2, 0) is 28.6 Å². The van der Waals surface area contributed by atoms with Crippen molar-refractivity contribution >= 4 is 17.9 Å². The van der Waals surface area contributed by atoms with E-state index in [0.29, 0.717) is 19.3 Å². The molecule has 0 aliphatic rings. The van der Waals surface area contributed by atoms with Crippen molar-refractivity contribution in [3.05, 3.63) is 48.6 Å². The van der Waals surface area contributed by atoms with Crippen LogP contribution in [0.2, 0.25) is 0 Å². The smallest absolute Gasteiger partial charge is 0.362 e. The van der Waals surface area contributed by atoms with Crippen molar-refractivity contribution in [2.24, 2.45) is 0 Å². The van der Waals surface area contributed by atoms with Gasteiger partial charge in [0, 0.05) is 19.3 Å². The van der Waals surface area contributed by atoms with Gasteiger partial charge in [-0.05, 0) is 77.0 Å². The number of hydrogen-bond donors (Lipinski definition) is 1. The Morgan fingerprint density at radius 2 is 0.768 bits per heavy atom. The predicted molar refractivity (Wildman–Crippen MR) is 294 cm³/mol. The lowest BCUT2D eigenvalue weighted by Crippen LogP contribution is -2.50. The van der Waals surface area contributed by atoms with E-state index >= 15 is 0 Å². The number of unbranched alkanes of at least 4 members (excludes halogenated alkanes) is 31. The summed E-state index contributed by atoms with van der Waals surface area (Å²) in [5, 5.41) is 9.68. The molecule has 0 amide bonds. The third-order valence-corrected chi connectivity index (χ3v) is 13.2. The Balaban J connectivity index is 4.18. The number of carbonyl (C=O) groups is 3. The second kappa shape index (κ2) is 51.6. The van der Waals surface area contributed by atoms with E-state index in [1.54, 1.807) is 0 Å². The van der Waals surface area contributed by atoms with Gasteiger partial charge in [-0.2, -0.15) is 0 Å². The molecule has 402 valence electrons. The minimum absolute atomic E-state index is 0.0547. The highest BCUT2D eigenvalue weighted by Gasteiger charge is 2.31. The Bertz CT molecular complexity index is 1270. The molecule has 2 unspecified atom stereocenters. The zero-order valence-electron chi connectivity index (χ0n) is 46.0. The average Bonchev–Trinajstić information content (AvgIpc) is 3.31. The molecule has 0 fully saturated rings. The number of hydrogen-bond acceptors (Lipinski definition) is 6. The van der Waals surface area contributed by atoms with Gasteiger partial charge in [0.1, 0.15) is 6.61 Å². The van der Waals surface area contributed by atoms with E-state index in [2.05, 4.69) is 62.5 Å². The van der Waals surface area contributed by atoms with E-state index in [0.717, 1.165) is 51.4 Å². The van der Waals surface area contributed by atoms with Crippen LogP contribution in [-0.4, -0.2) is 80.6 Å². The van der Waals surface area contributed by atoms with Crippen LogP contribution in [0, 0.1) is 0 Å². The number of esters is 2. The molecule has 1 N–H and O–H groups in total. The summed E-state index contributed by atoms with van der Waals surface area (Å²) in [6.07, 6.45) is 64.6. The summed E-state index contributed by atoms with van der Waals surface area (Å²) in [5.41, 5.74) is 0. The molecule has 0 aromatic carbocycles. The minimum Gasteiger partial charge on any atom is -0.477 e. The van der Waals surface area contributed by atoms with E-state index < -0.39 is 18.1 Å². The van der Waals surface area contributed by atoms with Gasteiger partial charge < -0.3 is 23.8 Å². The summed E-state index contributed by atoms with van der Waals surface area (Å²) in [5.74, 6) is -1.47. The van der Waals surface area contributed by atoms with Gasteiger partial charge in [0.2, 0.25) is 0 Å². The van der Waals surface area contributed by atoms with Crippen LogP contribution in [0.4, 0.5) is 0 Å². The molecular weight excluding hydrogens is 859 g/mol. The Morgan fingerprint density at radius 3 is 1.17 bits per heavy atom. The maximum absolute atomic E-state index is 12.8. The summed E-state index contributed by atoms with van der Waals surface area (Å²) >= 11 is 0. The quantitative estimate of drug-likeness (QED) is 0.0280. The molecule has 0 heterocycles. The number of aliphatic carboxylic acids is 1. The largest absolute Gasteiger partial charge is 0.477 e. The second-order valence-electron chi connectivity index (χ2n) is 20.9. The number of allylic oxidation sites excluding steroid dienone is 8. The first-order valence-electron chi connectivity index (χ1n) is 29.2. The summed E-state index contributed by atoms with van der Waals surface area (Å²) in [6.45, 7) is 4.74. The van der Waals surface area contributed by atoms with Gasteiger partial charge in [0.05, 0.1) is 34.4 Å². The molecular formula is C61H112NO7+. The Hall–Kier alpha value is -2.71. The van der Waals surface area contributed by atoms with Crippen molar-refractivity contribution in [3.8, 4) is 0 Å². The molecule has 0 bridgehead atoms. The van der Waals surface area contributed by atoms with Crippen molar-refractivity contribution in [1.82, 2.24) is 0 Å². The van der Waals surface area contributed by atoms with Crippen molar-refractivity contribution in [3.63, 3.8) is 0 Å². The number of ether oxygens (including phenoxy) is 3. The molecule has 0 saturated heterocycles. The van der Waals surface area contributed by atoms with E-state index in [9.17, 15) is 19.5 Å². The predicted octanol–water partition coefficient (Wildman–Crippen LogP) is 17.5. The van der Waals surface area contributed by atoms with Crippen LogP contribution < -0.4 is 0 Å². The van der Waals surface area contributed by atoms with Crippen LogP contribution in [0.15, 0.2) is 48.6 Å². The molecule has 69 heavy (non-hydrogen) atoms. The van der Waals surface area contributed by atoms with Crippen molar-refractivity contribution in [2.75, 3.05) is 41.0 Å². The first kappa shape index (κ1) is 66.3. The first-order chi connectivity index (χ1) is 33.6. The highest BCUT2D eigenvalue weighted by atomic mass is 16.6. The Labute approximate surface area is 426 Å². The molecule has 0 saturated carbocycles. The molecule has 0 aliphatic heterocycles. The van der Waals surface area contributed by atoms with Crippen molar-refractivity contribution in [2.45, 2.75) is 283 Å². The standard InChI is InChI=1S/C61H111NO7/c1-6-8-10-12-14-16-18-20-22-24-26-28-30-32-34-36-38-40-42-44-46-48-50-52-60(64)69-57(55-67-54-53-58(61(65)66)62(3,4)5)56-68-59(63)51-49-47-45-43-41-39-37-35-33-31-29-27-25-23-21-19-17-15-13-11-9-7-2/h15,17,21,23,27,29,32,34,57-58H,6-14,16,18-20,22,24-26,28,30-31,33,35-56H2,1-5H3/p+1/b17-15+,23-21+,29-27+,34-32+. The van der Waals surface area contributed by atoms with Crippen molar-refractivity contribution < 1.29 is 38.2 Å². The molecule has 0 rings (SSSR count). The van der Waals surface area contributed by atoms with E-state index in [-0.39, 0.29) is 36.2 Å². The lowest BCUT2D eigenvalue weighted by molar-refractivity contribution is -0.887. The zero-order chi connectivity index (χ0) is 50.6. The van der Waals surface area contributed by atoms with E-state index in [4.69, 9.17) is 14.2 Å². The number of carboxylic acids is 1. The summed E-state index contributed by atoms with van der Waals surface area (Å²) < 4.78 is 17.4. The normalized spacial score (nSPS) is 13.1. The molecule has 0 aromatic rings. The van der Waals surface area contributed by atoms with Crippen LogP contribution in [0.3, 0.4) is 0 Å². The Morgan fingerprint density at radius 1 is 0.435 bits per heavy atom. The van der Waals surface area contributed by atoms with Crippen LogP contribution >= 0.6 is 0 Å². The summed E-state index contributed by atoms with van der Waals surface area (Å²) in [4.78, 5) is 37.3. The molecule has 0 radical (unpaired) electrons. The van der Waals surface area contributed by atoms with Gasteiger partial charge in [0.25, 0.3) is 0 Å². The lowest BCUT2D eigenvalue weighted by atomic mass is 10.0. The number of carboxylic acid groups (broad SMARTS) is 1. The van der Waals surface area contributed by atoms with Gasteiger partial charge in [-0.15, -0.1) is 0 Å². The number of likely N-dealkylation sites (N-methyl/N-ethyl adjacent to an activating group) is 1. The Kier molecular flexibility index (Phi) is 49.6. The maximum Gasteiger partial charge on any atom is 0.362 e. The molecule has 2 atom stereocenters. The third-order valence-electron chi connectivity index (χ3n) is 13.2. The fraction of sp³-hybridized carbons (Fsp3) is 0.820. The fourth-order valence-electron chi connectivity index (χ4n) is 8.68.